The molecule has 0 saturated carbocycles. The van der Waals surface area contributed by atoms with Crippen molar-refractivity contribution in [2.75, 3.05) is 6.54 Å². The van der Waals surface area contributed by atoms with Crippen molar-refractivity contribution in [1.29, 1.82) is 0 Å². The third kappa shape index (κ3) is 4.66. The minimum atomic E-state index is -1.13. The molecule has 0 aromatic heterocycles. The molecule has 1 aliphatic rings. The first-order chi connectivity index (χ1) is 4.54. The summed E-state index contributed by atoms with van der Waals surface area (Å²) >= 11 is 0. The molecule has 0 aliphatic carbocycles. The first-order valence-corrected chi connectivity index (χ1v) is 3.27. The van der Waals surface area contributed by atoms with Gasteiger partial charge in [-0.05, 0) is 19.8 Å². The van der Waals surface area contributed by atoms with Crippen LogP contribution < -0.4 is 24.0 Å². The molecule has 1 rings (SSSR count). The van der Waals surface area contributed by atoms with E-state index in [0.29, 0.717) is 13.0 Å². The maximum Gasteiger partial charge on any atom is 2.00 e. The Morgan fingerprint density at radius 2 is 2.00 bits per heavy atom. The van der Waals surface area contributed by atoms with E-state index in [1.807, 2.05) is 0 Å². The summed E-state index contributed by atoms with van der Waals surface area (Å²) in [5, 5.41) is 17.9. The summed E-state index contributed by atoms with van der Waals surface area (Å²) in [6.45, 7) is 1.97. The van der Waals surface area contributed by atoms with Crippen LogP contribution in [0.15, 0.2) is 0 Å². The Morgan fingerprint density at radius 3 is 2.15 bits per heavy atom. The maximum atomic E-state index is 10.4. The first-order valence-electron chi connectivity index (χ1n) is 3.27. The van der Waals surface area contributed by atoms with Gasteiger partial charge in [0, 0.05) is 6.54 Å². The van der Waals surface area contributed by atoms with Crippen LogP contribution in [0.5, 0.6) is 0 Å². The van der Waals surface area contributed by atoms with Gasteiger partial charge >= 0.3 is 29.1 Å². The molecule has 74 valence electrons. The molecular weight excluding hydrogens is 297 g/mol. The predicted octanol–water partition coefficient (Wildman–Crippen LogP) is -2.46. The van der Waals surface area contributed by atoms with E-state index in [-0.39, 0.29) is 54.5 Å². The van der Waals surface area contributed by atoms with Crippen LogP contribution >= 0.6 is 0 Å². The van der Waals surface area contributed by atoms with Crippen LogP contribution in [-0.4, -0.2) is 56.5 Å². The smallest absolute Gasteiger partial charge is 1.00 e. The van der Waals surface area contributed by atoms with Crippen LogP contribution in [0.1, 0.15) is 19.8 Å². The molecule has 0 bridgehead atoms. The topological polar surface area (TPSA) is 60.8 Å². The van der Waals surface area contributed by atoms with Crippen molar-refractivity contribution in [3.05, 3.63) is 7.43 Å². The SMILES string of the molecule is C[C@]1(O)CCCN1C(=O)O.[CH3-].[I-].[Mg+2]. The van der Waals surface area contributed by atoms with Crippen LogP contribution in [0, 0.1) is 7.43 Å². The van der Waals surface area contributed by atoms with Crippen molar-refractivity contribution in [2.45, 2.75) is 25.5 Å². The molecule has 0 radical (unpaired) electrons. The molecule has 0 aromatic rings. The Morgan fingerprint density at radius 1 is 1.54 bits per heavy atom. The van der Waals surface area contributed by atoms with Gasteiger partial charge in [0.05, 0.1) is 0 Å². The van der Waals surface area contributed by atoms with Crippen LogP contribution in [-0.2, 0) is 0 Å². The Kier molecular flexibility index (Phi) is 10.5. The molecule has 0 unspecified atom stereocenters. The summed E-state index contributed by atoms with van der Waals surface area (Å²) in [4.78, 5) is 11.4. The van der Waals surface area contributed by atoms with Crippen molar-refractivity contribution in [2.24, 2.45) is 0 Å². The van der Waals surface area contributed by atoms with Crippen molar-refractivity contribution in [1.82, 2.24) is 4.90 Å². The molecule has 1 heterocycles. The molecule has 1 saturated heterocycles. The maximum absolute atomic E-state index is 10.4. The van der Waals surface area contributed by atoms with Crippen molar-refractivity contribution < 1.29 is 39.0 Å². The van der Waals surface area contributed by atoms with Gasteiger partial charge in [0.1, 0.15) is 5.72 Å². The second-order valence-electron chi connectivity index (χ2n) is 2.75. The third-order valence-corrected chi connectivity index (χ3v) is 1.84. The summed E-state index contributed by atoms with van der Waals surface area (Å²) < 4.78 is 0. The molecule has 1 amide bonds. The fourth-order valence-electron chi connectivity index (χ4n) is 1.25. The number of likely N-dealkylation sites (tertiary alicyclic amines) is 1. The summed E-state index contributed by atoms with van der Waals surface area (Å²) in [5.74, 6) is 0. The molecule has 1 atom stereocenters. The van der Waals surface area contributed by atoms with Gasteiger partial charge in [0.2, 0.25) is 0 Å². The molecule has 0 aromatic carbocycles. The summed E-state index contributed by atoms with van der Waals surface area (Å²) in [7, 11) is 0. The number of hydrogen-bond donors (Lipinski definition) is 2. The van der Waals surface area contributed by atoms with E-state index in [1.54, 1.807) is 0 Å². The number of nitrogens with zero attached hydrogens (tertiary/aromatic N) is 1. The van der Waals surface area contributed by atoms with E-state index < -0.39 is 11.8 Å². The van der Waals surface area contributed by atoms with Gasteiger partial charge in [-0.25, -0.2) is 4.79 Å². The second-order valence-corrected chi connectivity index (χ2v) is 2.75. The molecule has 1 fully saturated rings. The van der Waals surface area contributed by atoms with Gasteiger partial charge in [-0.15, -0.1) is 0 Å². The van der Waals surface area contributed by atoms with Crippen molar-refractivity contribution in [3.8, 4) is 0 Å². The molecule has 2 N–H and O–H groups in total. The minimum absolute atomic E-state index is 0. The van der Waals surface area contributed by atoms with E-state index in [1.165, 1.54) is 6.92 Å². The third-order valence-electron chi connectivity index (χ3n) is 1.84. The number of aliphatic hydroxyl groups is 1. The number of rotatable bonds is 0. The fourth-order valence-corrected chi connectivity index (χ4v) is 1.25. The number of amides is 1. The number of carboxylic acid groups (broad SMARTS) is 1. The van der Waals surface area contributed by atoms with Crippen LogP contribution in [0.25, 0.3) is 0 Å². The average molecular weight is 311 g/mol. The van der Waals surface area contributed by atoms with E-state index in [2.05, 4.69) is 0 Å². The van der Waals surface area contributed by atoms with E-state index in [4.69, 9.17) is 5.11 Å². The van der Waals surface area contributed by atoms with E-state index >= 15 is 0 Å². The molecule has 6 heteroatoms. The Bertz CT molecular complexity index is 166. The zero-order valence-electron chi connectivity index (χ0n) is 7.96. The fraction of sp³-hybridized carbons (Fsp3) is 0.714. The summed E-state index contributed by atoms with van der Waals surface area (Å²) in [6, 6.07) is 0. The molecule has 4 nitrogen and oxygen atoms in total. The number of halogens is 1. The standard InChI is InChI=1S/C6H11NO3.CH3.HI.Mg/c1-6(10)3-2-4-7(6)5(8)9;;;/h10H,2-4H2,1H3,(H,8,9);1H3;1H;/q;-1;;+2/p-1/t6-;;;/m0.../s1. The van der Waals surface area contributed by atoms with Gasteiger partial charge < -0.3 is 41.6 Å². The molecular formula is C7H14IMgNO3. The molecule has 1 aliphatic heterocycles. The summed E-state index contributed by atoms with van der Waals surface area (Å²) in [5.41, 5.74) is -1.13. The zero-order valence-corrected chi connectivity index (χ0v) is 11.5. The molecule has 0 spiro atoms. The van der Waals surface area contributed by atoms with Crippen molar-refractivity contribution in [3.63, 3.8) is 0 Å². The van der Waals surface area contributed by atoms with E-state index in [0.717, 1.165) is 11.3 Å². The van der Waals surface area contributed by atoms with Crippen molar-refractivity contribution >= 4 is 29.1 Å². The van der Waals surface area contributed by atoms with Gasteiger partial charge in [-0.3, -0.25) is 4.90 Å². The summed E-state index contributed by atoms with van der Waals surface area (Å²) in [6.07, 6.45) is 0.251. The normalized spacial score (nSPS) is 25.2. The Hall–Kier alpha value is 0.726. The Balaban J connectivity index is -0.000000333. The van der Waals surface area contributed by atoms with Crippen LogP contribution in [0.4, 0.5) is 4.79 Å². The number of hydrogen-bond acceptors (Lipinski definition) is 2. The molecule has 13 heavy (non-hydrogen) atoms. The van der Waals surface area contributed by atoms with Crippen LogP contribution in [0.2, 0.25) is 0 Å². The quantitative estimate of drug-likeness (QED) is 0.296. The average Bonchev–Trinajstić information content (AvgIpc) is 2.08. The second kappa shape index (κ2) is 7.08. The van der Waals surface area contributed by atoms with Gasteiger partial charge in [0.25, 0.3) is 0 Å². The predicted molar refractivity (Wildman–Crippen MR) is 46.8 cm³/mol. The van der Waals surface area contributed by atoms with E-state index in [9.17, 15) is 9.90 Å². The number of carbonyl (C=O) groups is 1. The van der Waals surface area contributed by atoms with Gasteiger partial charge in [-0.2, -0.15) is 0 Å². The largest absolute Gasteiger partial charge is 2.00 e. The van der Waals surface area contributed by atoms with Gasteiger partial charge in [0.15, 0.2) is 0 Å². The zero-order chi connectivity index (χ0) is 7.78. The minimum Gasteiger partial charge on any atom is -1.00 e. The monoisotopic (exact) mass is 311 g/mol. The first kappa shape index (κ1) is 19.3. The van der Waals surface area contributed by atoms with Crippen LogP contribution in [0.3, 0.4) is 0 Å². The van der Waals surface area contributed by atoms with Gasteiger partial charge in [-0.1, -0.05) is 0 Å². The Labute approximate surface area is 112 Å².